The van der Waals surface area contributed by atoms with Gasteiger partial charge in [0.05, 0.1) is 25.8 Å². The molecule has 3 N–H and O–H groups in total. The molecule has 184 valence electrons. The first-order valence-electron chi connectivity index (χ1n) is 12.2. The lowest BCUT2D eigenvalue weighted by atomic mass is 10.0. The van der Waals surface area contributed by atoms with Crippen molar-refractivity contribution in [2.45, 2.75) is 57.8 Å². The second kappa shape index (κ2) is 11.6. The van der Waals surface area contributed by atoms with Gasteiger partial charge in [-0.2, -0.15) is 0 Å². The number of nitrogens with zero attached hydrogens (tertiary/aromatic N) is 1. The molecule has 0 spiro atoms. The highest BCUT2D eigenvalue weighted by Crippen LogP contribution is 2.29. The summed E-state index contributed by atoms with van der Waals surface area (Å²) in [5.41, 5.74) is 8.71. The van der Waals surface area contributed by atoms with Gasteiger partial charge in [0.15, 0.2) is 11.5 Å². The van der Waals surface area contributed by atoms with E-state index in [1.165, 1.54) is 12.1 Å². The number of benzene rings is 2. The molecule has 2 atom stereocenters. The van der Waals surface area contributed by atoms with Crippen molar-refractivity contribution in [2.75, 3.05) is 26.3 Å². The summed E-state index contributed by atoms with van der Waals surface area (Å²) in [7, 11) is 0. The van der Waals surface area contributed by atoms with Crippen molar-refractivity contribution in [1.29, 1.82) is 0 Å². The fourth-order valence-corrected chi connectivity index (χ4v) is 4.72. The van der Waals surface area contributed by atoms with Gasteiger partial charge >= 0.3 is 0 Å². The molecule has 4 rings (SSSR count). The molecule has 0 aliphatic carbocycles. The molecule has 2 aromatic rings. The number of ether oxygens (including phenoxy) is 2. The van der Waals surface area contributed by atoms with Gasteiger partial charge in [-0.3, -0.25) is 9.69 Å². The van der Waals surface area contributed by atoms with Crippen LogP contribution in [0.15, 0.2) is 42.5 Å². The highest BCUT2D eigenvalue weighted by atomic mass is 19.1. The van der Waals surface area contributed by atoms with Crippen LogP contribution in [0.25, 0.3) is 0 Å². The fourth-order valence-electron chi connectivity index (χ4n) is 4.72. The molecular formula is C26H35FN4O3. The third-order valence-corrected chi connectivity index (χ3v) is 6.46. The van der Waals surface area contributed by atoms with Gasteiger partial charge in [0.2, 0.25) is 5.91 Å². The SMILES string of the molecule is CCOc1ccc(CC(=O)NC2CCN(C3CC(c4ccc(F)cc4)NN3)CC2)cc1OCC. The Morgan fingerprint density at radius 3 is 2.44 bits per heavy atom. The second-order valence-electron chi connectivity index (χ2n) is 8.85. The molecule has 0 aromatic heterocycles. The van der Waals surface area contributed by atoms with Gasteiger partial charge in [-0.1, -0.05) is 18.2 Å². The molecule has 0 bridgehead atoms. The summed E-state index contributed by atoms with van der Waals surface area (Å²) in [4.78, 5) is 15.1. The highest BCUT2D eigenvalue weighted by molar-refractivity contribution is 5.79. The zero-order chi connectivity index (χ0) is 23.9. The van der Waals surface area contributed by atoms with E-state index >= 15 is 0 Å². The lowest BCUT2D eigenvalue weighted by Gasteiger charge is -2.35. The fraction of sp³-hybridized carbons (Fsp3) is 0.500. The van der Waals surface area contributed by atoms with E-state index < -0.39 is 0 Å². The van der Waals surface area contributed by atoms with Crippen LogP contribution >= 0.6 is 0 Å². The van der Waals surface area contributed by atoms with E-state index in [0.29, 0.717) is 31.1 Å². The topological polar surface area (TPSA) is 74.9 Å². The van der Waals surface area contributed by atoms with Gasteiger partial charge in [0, 0.05) is 25.2 Å². The van der Waals surface area contributed by atoms with E-state index in [-0.39, 0.29) is 30.0 Å². The lowest BCUT2D eigenvalue weighted by Crippen LogP contribution is -2.51. The molecule has 2 heterocycles. The predicted molar refractivity (Wildman–Crippen MR) is 129 cm³/mol. The minimum atomic E-state index is -0.215. The molecule has 0 radical (unpaired) electrons. The van der Waals surface area contributed by atoms with Gasteiger partial charge in [-0.15, -0.1) is 0 Å². The number of rotatable bonds is 9. The van der Waals surface area contributed by atoms with Crippen molar-refractivity contribution in [3.8, 4) is 11.5 Å². The summed E-state index contributed by atoms with van der Waals surface area (Å²) in [5, 5.41) is 3.20. The molecule has 8 heteroatoms. The molecule has 2 unspecified atom stereocenters. The van der Waals surface area contributed by atoms with E-state index in [0.717, 1.165) is 43.5 Å². The molecule has 34 heavy (non-hydrogen) atoms. The second-order valence-corrected chi connectivity index (χ2v) is 8.85. The minimum Gasteiger partial charge on any atom is -0.490 e. The van der Waals surface area contributed by atoms with Gasteiger partial charge in [0.25, 0.3) is 0 Å². The number of nitrogens with one attached hydrogen (secondary N) is 3. The Morgan fingerprint density at radius 1 is 1.03 bits per heavy atom. The minimum absolute atomic E-state index is 0.0297. The maximum absolute atomic E-state index is 13.2. The molecule has 2 saturated heterocycles. The number of hydrazine groups is 1. The number of carbonyl (C=O) groups excluding carboxylic acids is 1. The highest BCUT2D eigenvalue weighted by Gasteiger charge is 2.32. The molecule has 7 nitrogen and oxygen atoms in total. The molecule has 2 aliphatic heterocycles. The average molecular weight is 471 g/mol. The summed E-state index contributed by atoms with van der Waals surface area (Å²) >= 11 is 0. The zero-order valence-corrected chi connectivity index (χ0v) is 20.0. The smallest absolute Gasteiger partial charge is 0.224 e. The zero-order valence-electron chi connectivity index (χ0n) is 20.0. The molecule has 0 saturated carbocycles. The maximum atomic E-state index is 13.2. The molecular weight excluding hydrogens is 435 g/mol. The monoisotopic (exact) mass is 470 g/mol. The number of hydrogen-bond acceptors (Lipinski definition) is 6. The third kappa shape index (κ3) is 6.25. The number of amides is 1. The Morgan fingerprint density at radius 2 is 1.74 bits per heavy atom. The third-order valence-electron chi connectivity index (χ3n) is 6.46. The summed E-state index contributed by atoms with van der Waals surface area (Å²) in [6.45, 7) is 6.81. The summed E-state index contributed by atoms with van der Waals surface area (Å²) in [6.07, 6.45) is 3.30. The van der Waals surface area contributed by atoms with E-state index in [1.54, 1.807) is 0 Å². The Bertz CT molecular complexity index is 948. The van der Waals surface area contributed by atoms with Crippen molar-refractivity contribution in [3.63, 3.8) is 0 Å². The normalized spacial score (nSPS) is 21.4. The Hall–Kier alpha value is -2.68. The number of likely N-dealkylation sites (tertiary alicyclic amines) is 1. The lowest BCUT2D eigenvalue weighted by molar-refractivity contribution is -0.121. The first kappa shape index (κ1) is 24.4. The van der Waals surface area contributed by atoms with E-state index in [4.69, 9.17) is 9.47 Å². The van der Waals surface area contributed by atoms with Crippen molar-refractivity contribution < 1.29 is 18.7 Å². The van der Waals surface area contributed by atoms with Crippen molar-refractivity contribution >= 4 is 5.91 Å². The van der Waals surface area contributed by atoms with Gasteiger partial charge in [0.1, 0.15) is 5.82 Å². The number of hydrogen-bond donors (Lipinski definition) is 3. The van der Waals surface area contributed by atoms with E-state index in [2.05, 4.69) is 21.1 Å². The largest absolute Gasteiger partial charge is 0.490 e. The van der Waals surface area contributed by atoms with Gasteiger partial charge < -0.3 is 14.8 Å². The Labute approximate surface area is 201 Å². The van der Waals surface area contributed by atoms with Crippen LogP contribution in [0.1, 0.15) is 50.3 Å². The molecule has 1 amide bonds. The summed E-state index contributed by atoms with van der Waals surface area (Å²) in [5.74, 6) is 1.20. The van der Waals surface area contributed by atoms with Crippen LogP contribution in [0.4, 0.5) is 4.39 Å². The van der Waals surface area contributed by atoms with Crippen LogP contribution in [-0.4, -0.2) is 49.3 Å². The van der Waals surface area contributed by atoms with Crippen LogP contribution in [0.3, 0.4) is 0 Å². The Balaban J connectivity index is 1.23. The Kier molecular flexibility index (Phi) is 8.37. The van der Waals surface area contributed by atoms with Crippen LogP contribution in [0.5, 0.6) is 11.5 Å². The first-order valence-corrected chi connectivity index (χ1v) is 12.2. The van der Waals surface area contributed by atoms with Crippen LogP contribution in [-0.2, 0) is 11.2 Å². The van der Waals surface area contributed by atoms with Crippen molar-refractivity contribution in [2.24, 2.45) is 0 Å². The van der Waals surface area contributed by atoms with E-state index in [9.17, 15) is 9.18 Å². The number of halogens is 1. The van der Waals surface area contributed by atoms with Crippen molar-refractivity contribution in [3.05, 3.63) is 59.4 Å². The van der Waals surface area contributed by atoms with Crippen LogP contribution in [0, 0.1) is 5.82 Å². The molecule has 2 aromatic carbocycles. The van der Waals surface area contributed by atoms with Crippen LogP contribution < -0.4 is 25.6 Å². The first-order chi connectivity index (χ1) is 16.6. The van der Waals surface area contributed by atoms with Gasteiger partial charge in [-0.25, -0.2) is 15.2 Å². The quantitative estimate of drug-likeness (QED) is 0.522. The predicted octanol–water partition coefficient (Wildman–Crippen LogP) is 3.31. The van der Waals surface area contributed by atoms with E-state index in [1.807, 2.05) is 44.2 Å². The van der Waals surface area contributed by atoms with Gasteiger partial charge in [-0.05, 0) is 68.5 Å². The van der Waals surface area contributed by atoms with Crippen molar-refractivity contribution in [1.82, 2.24) is 21.1 Å². The standard InChI is InChI=1S/C26H35FN4O3/c1-3-33-23-10-5-18(15-24(23)34-4-2)16-26(32)28-21-11-13-31(14-12-21)25-17-22(29-30-25)19-6-8-20(27)9-7-19/h5-10,15,21-22,25,29-30H,3-4,11-14,16-17H2,1-2H3,(H,28,32). The number of carbonyl (C=O) groups is 1. The maximum Gasteiger partial charge on any atom is 0.224 e. The van der Waals surface area contributed by atoms with Crippen LogP contribution in [0.2, 0.25) is 0 Å². The molecule has 2 fully saturated rings. The molecule has 2 aliphatic rings. The average Bonchev–Trinajstić information content (AvgIpc) is 3.32. The summed E-state index contributed by atoms with van der Waals surface area (Å²) in [6, 6.07) is 12.7. The summed E-state index contributed by atoms with van der Waals surface area (Å²) < 4.78 is 24.5. The number of piperidine rings is 1.